The van der Waals surface area contributed by atoms with Crippen LogP contribution in [0.25, 0.3) is 11.3 Å². The Kier molecular flexibility index (Phi) is 5.53. The summed E-state index contributed by atoms with van der Waals surface area (Å²) in [6.07, 6.45) is 0.369. The molecule has 2 aromatic carbocycles. The highest BCUT2D eigenvalue weighted by atomic mass is 19.4. The smallest absolute Gasteiger partial charge is 0.338 e. The van der Waals surface area contributed by atoms with Gasteiger partial charge in [0.2, 0.25) is 0 Å². The first-order chi connectivity index (χ1) is 14.4. The minimum atomic E-state index is -4.41. The Morgan fingerprint density at radius 3 is 2.60 bits per heavy atom. The van der Waals surface area contributed by atoms with Gasteiger partial charge in [-0.05, 0) is 37.1 Å². The molecule has 0 bridgehead atoms. The number of carbonyl (C=O) groups is 1. The van der Waals surface area contributed by atoms with E-state index in [0.717, 1.165) is 25.0 Å². The number of piperidine rings is 1. The van der Waals surface area contributed by atoms with Crippen molar-refractivity contribution < 1.29 is 18.0 Å². The Morgan fingerprint density at radius 2 is 1.83 bits per heavy atom. The first-order valence-electron chi connectivity index (χ1n) is 9.76. The number of amides is 1. The van der Waals surface area contributed by atoms with Crippen LogP contribution >= 0.6 is 0 Å². The lowest BCUT2D eigenvalue weighted by molar-refractivity contribution is -0.137. The van der Waals surface area contributed by atoms with Gasteiger partial charge in [-0.3, -0.25) is 9.78 Å². The lowest BCUT2D eigenvalue weighted by Gasteiger charge is -2.32. The van der Waals surface area contributed by atoms with E-state index in [9.17, 15) is 18.0 Å². The summed E-state index contributed by atoms with van der Waals surface area (Å²) < 4.78 is 39.1. The highest BCUT2D eigenvalue weighted by molar-refractivity contribution is 5.94. The van der Waals surface area contributed by atoms with Crippen LogP contribution in [0, 0.1) is 0 Å². The predicted octanol–water partition coefficient (Wildman–Crippen LogP) is 5.18. The predicted molar refractivity (Wildman–Crippen MR) is 107 cm³/mol. The molecule has 1 atom stereocenters. The SMILES string of the molecule is O=C(c1ccccc1)N1CCC[C@@H](c2cncc(-c3cccc(C(F)(F)F)c3)n2)C1. The van der Waals surface area contributed by atoms with Crippen LogP contribution in [0.5, 0.6) is 0 Å². The van der Waals surface area contributed by atoms with Crippen LogP contribution in [0.2, 0.25) is 0 Å². The number of likely N-dealkylation sites (tertiary alicyclic amines) is 1. The number of carbonyl (C=O) groups excluding carboxylic acids is 1. The number of aromatic nitrogens is 2. The lowest BCUT2D eigenvalue weighted by atomic mass is 9.94. The molecule has 1 saturated heterocycles. The first-order valence-corrected chi connectivity index (χ1v) is 9.76. The summed E-state index contributed by atoms with van der Waals surface area (Å²) in [7, 11) is 0. The third kappa shape index (κ3) is 4.35. The molecule has 1 aliphatic rings. The summed E-state index contributed by atoms with van der Waals surface area (Å²) in [4.78, 5) is 23.4. The molecule has 2 heterocycles. The average molecular weight is 411 g/mol. The molecule has 3 aromatic rings. The number of rotatable bonds is 3. The largest absolute Gasteiger partial charge is 0.416 e. The van der Waals surface area contributed by atoms with Crippen LogP contribution in [-0.4, -0.2) is 33.9 Å². The van der Waals surface area contributed by atoms with Gasteiger partial charge in [0.1, 0.15) is 0 Å². The van der Waals surface area contributed by atoms with Gasteiger partial charge in [-0.2, -0.15) is 13.2 Å². The number of hydrogen-bond acceptors (Lipinski definition) is 3. The Balaban J connectivity index is 1.56. The van der Waals surface area contributed by atoms with Crippen LogP contribution in [0.1, 0.15) is 40.4 Å². The molecule has 4 nitrogen and oxygen atoms in total. The normalized spacial score (nSPS) is 17.0. The van der Waals surface area contributed by atoms with Gasteiger partial charge in [0.25, 0.3) is 5.91 Å². The maximum absolute atomic E-state index is 13.0. The van der Waals surface area contributed by atoms with Crippen molar-refractivity contribution in [2.75, 3.05) is 13.1 Å². The third-order valence-electron chi connectivity index (χ3n) is 5.29. The second-order valence-electron chi connectivity index (χ2n) is 7.36. The van der Waals surface area contributed by atoms with Crippen molar-refractivity contribution in [3.05, 3.63) is 83.8 Å². The lowest BCUT2D eigenvalue weighted by Crippen LogP contribution is -2.39. The van der Waals surface area contributed by atoms with E-state index in [1.54, 1.807) is 24.4 Å². The fraction of sp³-hybridized carbons (Fsp3) is 0.261. The zero-order valence-corrected chi connectivity index (χ0v) is 16.1. The number of halogens is 3. The summed E-state index contributed by atoms with van der Waals surface area (Å²) in [6.45, 7) is 1.18. The van der Waals surface area contributed by atoms with Crippen molar-refractivity contribution in [1.29, 1.82) is 0 Å². The molecule has 154 valence electrons. The number of nitrogens with zero attached hydrogens (tertiary/aromatic N) is 3. The summed E-state index contributed by atoms with van der Waals surface area (Å²) >= 11 is 0. The summed E-state index contributed by atoms with van der Waals surface area (Å²) in [5.74, 6) is -0.0352. The molecule has 0 N–H and O–H groups in total. The van der Waals surface area contributed by atoms with Crippen LogP contribution < -0.4 is 0 Å². The Morgan fingerprint density at radius 1 is 1.03 bits per heavy atom. The highest BCUT2D eigenvalue weighted by Crippen LogP contribution is 2.32. The van der Waals surface area contributed by atoms with E-state index in [2.05, 4.69) is 9.97 Å². The van der Waals surface area contributed by atoms with E-state index in [1.165, 1.54) is 12.3 Å². The Labute approximate surface area is 172 Å². The van der Waals surface area contributed by atoms with Gasteiger partial charge >= 0.3 is 6.18 Å². The van der Waals surface area contributed by atoms with E-state index in [-0.39, 0.29) is 11.8 Å². The summed E-state index contributed by atoms with van der Waals surface area (Å²) in [6, 6.07) is 14.2. The molecule has 30 heavy (non-hydrogen) atoms. The number of alkyl halides is 3. The topological polar surface area (TPSA) is 46.1 Å². The van der Waals surface area contributed by atoms with Gasteiger partial charge in [-0.15, -0.1) is 0 Å². The molecule has 0 spiro atoms. The molecule has 0 radical (unpaired) electrons. The van der Waals surface area contributed by atoms with Gasteiger partial charge in [0.05, 0.1) is 23.1 Å². The molecule has 0 saturated carbocycles. The molecule has 7 heteroatoms. The standard InChI is InChI=1S/C23H20F3N3O/c24-23(25,26)19-10-4-8-17(12-19)20-13-27-14-21(28-20)18-9-5-11-29(15-18)22(30)16-6-2-1-3-7-16/h1-4,6-8,10,12-14,18H,5,9,11,15H2/t18-/m1/s1. The highest BCUT2D eigenvalue weighted by Gasteiger charge is 2.31. The van der Waals surface area contributed by atoms with Gasteiger partial charge in [0.15, 0.2) is 0 Å². The van der Waals surface area contributed by atoms with Gasteiger partial charge in [0, 0.05) is 36.3 Å². The van der Waals surface area contributed by atoms with E-state index in [4.69, 9.17) is 0 Å². The third-order valence-corrected chi connectivity index (χ3v) is 5.29. The quantitative estimate of drug-likeness (QED) is 0.596. The van der Waals surface area contributed by atoms with E-state index in [0.29, 0.717) is 35.6 Å². The Bertz CT molecular complexity index is 1040. The van der Waals surface area contributed by atoms with Crippen LogP contribution in [-0.2, 0) is 6.18 Å². The summed E-state index contributed by atoms with van der Waals surface area (Å²) in [5, 5.41) is 0. The van der Waals surface area contributed by atoms with Crippen molar-refractivity contribution in [3.63, 3.8) is 0 Å². The monoisotopic (exact) mass is 411 g/mol. The van der Waals surface area contributed by atoms with E-state index in [1.807, 2.05) is 23.1 Å². The van der Waals surface area contributed by atoms with Crippen molar-refractivity contribution in [3.8, 4) is 11.3 Å². The maximum atomic E-state index is 13.0. The summed E-state index contributed by atoms with van der Waals surface area (Å²) in [5.41, 5.74) is 1.37. The van der Waals surface area contributed by atoms with Crippen LogP contribution in [0.15, 0.2) is 67.0 Å². The van der Waals surface area contributed by atoms with Gasteiger partial charge in [-0.25, -0.2) is 4.98 Å². The molecule has 1 aliphatic heterocycles. The molecule has 1 aromatic heterocycles. The van der Waals surface area contributed by atoms with Crippen molar-refractivity contribution >= 4 is 5.91 Å². The van der Waals surface area contributed by atoms with Crippen molar-refractivity contribution in [1.82, 2.24) is 14.9 Å². The fourth-order valence-electron chi connectivity index (χ4n) is 3.74. The molecule has 0 unspecified atom stereocenters. The second kappa shape index (κ2) is 8.26. The van der Waals surface area contributed by atoms with Crippen LogP contribution in [0.4, 0.5) is 13.2 Å². The van der Waals surface area contributed by atoms with Crippen molar-refractivity contribution in [2.24, 2.45) is 0 Å². The molecular weight excluding hydrogens is 391 g/mol. The molecular formula is C23H20F3N3O. The van der Waals surface area contributed by atoms with Gasteiger partial charge in [-0.1, -0.05) is 30.3 Å². The zero-order valence-electron chi connectivity index (χ0n) is 16.1. The second-order valence-corrected chi connectivity index (χ2v) is 7.36. The minimum absolute atomic E-state index is 0.00957. The Hall–Kier alpha value is -3.22. The number of benzene rings is 2. The molecule has 4 rings (SSSR count). The first kappa shape index (κ1) is 20.1. The van der Waals surface area contributed by atoms with Crippen LogP contribution in [0.3, 0.4) is 0 Å². The van der Waals surface area contributed by atoms with Crippen molar-refractivity contribution in [2.45, 2.75) is 24.9 Å². The minimum Gasteiger partial charge on any atom is -0.338 e. The average Bonchev–Trinajstić information content (AvgIpc) is 2.79. The van der Waals surface area contributed by atoms with E-state index < -0.39 is 11.7 Å². The molecule has 0 aliphatic carbocycles. The zero-order chi connectivity index (χ0) is 21.1. The molecule has 1 amide bonds. The van der Waals surface area contributed by atoms with E-state index >= 15 is 0 Å². The maximum Gasteiger partial charge on any atom is 0.416 e. The molecule has 1 fully saturated rings. The number of hydrogen-bond donors (Lipinski definition) is 0. The van der Waals surface area contributed by atoms with Gasteiger partial charge < -0.3 is 4.90 Å². The fourth-order valence-corrected chi connectivity index (χ4v) is 3.74.